The molecule has 1 aromatic carbocycles. The Balaban J connectivity index is 1.72. The van der Waals surface area contributed by atoms with Crippen molar-refractivity contribution in [3.63, 3.8) is 0 Å². The summed E-state index contributed by atoms with van der Waals surface area (Å²) in [5.74, 6) is 0.0601. The fraction of sp³-hybridized carbons (Fsp3) is 0.348. The van der Waals surface area contributed by atoms with Crippen LogP contribution in [0, 0.1) is 6.92 Å². The number of benzene rings is 1. The van der Waals surface area contributed by atoms with E-state index in [9.17, 15) is 14.4 Å². The van der Waals surface area contributed by atoms with Crippen molar-refractivity contribution in [1.29, 1.82) is 0 Å². The molecule has 0 bridgehead atoms. The van der Waals surface area contributed by atoms with Crippen LogP contribution < -0.4 is 16.0 Å². The first kappa shape index (κ1) is 23.0. The molecule has 0 saturated carbocycles. The Hall–Kier alpha value is -4.15. The van der Waals surface area contributed by atoms with Crippen LogP contribution in [-0.2, 0) is 4.74 Å². The molecule has 1 fully saturated rings. The summed E-state index contributed by atoms with van der Waals surface area (Å²) in [5, 5.41) is 3.04. The molecule has 2 aromatic heterocycles. The molecule has 0 aliphatic carbocycles. The summed E-state index contributed by atoms with van der Waals surface area (Å²) < 4.78 is 10.8. The van der Waals surface area contributed by atoms with Gasteiger partial charge >= 0.3 is 6.09 Å². The van der Waals surface area contributed by atoms with Crippen LogP contribution in [0.15, 0.2) is 28.7 Å². The van der Waals surface area contributed by atoms with Crippen LogP contribution in [0.3, 0.4) is 0 Å². The molecule has 3 N–H and O–H groups in total. The molecule has 11 nitrogen and oxygen atoms in total. The van der Waals surface area contributed by atoms with Crippen LogP contribution in [0.5, 0.6) is 0 Å². The lowest BCUT2D eigenvalue weighted by Gasteiger charge is -2.35. The Morgan fingerprint density at radius 3 is 2.32 bits per heavy atom. The molecule has 1 aliphatic heterocycles. The number of carbonyl (C=O) groups is 3. The number of nitrogens with two attached hydrogens (primary N) is 1. The number of nitrogens with one attached hydrogen (secondary N) is 1. The zero-order valence-corrected chi connectivity index (χ0v) is 19.3. The SMILES string of the molecule is CCOC(=O)N1CCN(c2nc3ccccc3nc2Nc2oc(C)c(C(C)=O)c2C(N)=O)CC1. The van der Waals surface area contributed by atoms with Gasteiger partial charge in [0, 0.05) is 26.2 Å². The molecule has 1 saturated heterocycles. The van der Waals surface area contributed by atoms with Crippen molar-refractivity contribution in [3.8, 4) is 0 Å². The van der Waals surface area contributed by atoms with Crippen LogP contribution >= 0.6 is 0 Å². The van der Waals surface area contributed by atoms with E-state index in [-0.39, 0.29) is 34.6 Å². The van der Waals surface area contributed by atoms with E-state index in [4.69, 9.17) is 24.9 Å². The van der Waals surface area contributed by atoms with Gasteiger partial charge in [-0.3, -0.25) is 9.59 Å². The van der Waals surface area contributed by atoms with E-state index in [1.54, 1.807) is 18.7 Å². The Morgan fingerprint density at radius 2 is 1.74 bits per heavy atom. The predicted octanol–water partition coefficient (Wildman–Crippen LogP) is 2.85. The van der Waals surface area contributed by atoms with E-state index in [0.29, 0.717) is 55.5 Å². The first-order chi connectivity index (χ1) is 16.3. The molecule has 3 heterocycles. The number of fused-ring (bicyclic) bond motifs is 1. The van der Waals surface area contributed by atoms with Crippen molar-refractivity contribution in [2.45, 2.75) is 20.8 Å². The second kappa shape index (κ2) is 9.38. The molecule has 11 heteroatoms. The van der Waals surface area contributed by atoms with E-state index in [0.717, 1.165) is 0 Å². The minimum atomic E-state index is -0.789. The third kappa shape index (κ3) is 4.36. The summed E-state index contributed by atoms with van der Waals surface area (Å²) in [6.45, 7) is 6.93. The van der Waals surface area contributed by atoms with Gasteiger partial charge in [-0.2, -0.15) is 0 Å². The van der Waals surface area contributed by atoms with Crippen LogP contribution in [0.1, 0.15) is 40.3 Å². The largest absolute Gasteiger partial charge is 0.450 e. The first-order valence-electron chi connectivity index (χ1n) is 10.9. The fourth-order valence-electron chi connectivity index (χ4n) is 4.01. The number of nitrogens with zero attached hydrogens (tertiary/aromatic N) is 4. The fourth-order valence-corrected chi connectivity index (χ4v) is 4.01. The van der Waals surface area contributed by atoms with Gasteiger partial charge in [0.25, 0.3) is 5.91 Å². The number of aromatic nitrogens is 2. The van der Waals surface area contributed by atoms with Gasteiger partial charge in [0.05, 0.1) is 23.2 Å². The van der Waals surface area contributed by atoms with Crippen molar-refractivity contribution in [2.24, 2.45) is 5.73 Å². The minimum Gasteiger partial charge on any atom is -0.450 e. The van der Waals surface area contributed by atoms with Crippen molar-refractivity contribution < 1.29 is 23.5 Å². The highest BCUT2D eigenvalue weighted by Gasteiger charge is 2.29. The molecule has 1 aliphatic rings. The smallest absolute Gasteiger partial charge is 0.409 e. The number of Topliss-reactive ketones (excluding diaryl/α,β-unsaturated/α-hetero) is 1. The number of hydrogen-bond acceptors (Lipinski definition) is 9. The van der Waals surface area contributed by atoms with Crippen molar-refractivity contribution in [2.75, 3.05) is 43.0 Å². The maximum atomic E-state index is 12.2. The number of amides is 2. The maximum absolute atomic E-state index is 12.2. The number of anilines is 3. The summed E-state index contributed by atoms with van der Waals surface area (Å²) in [4.78, 5) is 49.5. The van der Waals surface area contributed by atoms with Gasteiger partial charge in [0.2, 0.25) is 5.88 Å². The molecule has 4 rings (SSSR count). The monoisotopic (exact) mass is 466 g/mol. The molecule has 34 heavy (non-hydrogen) atoms. The molecule has 2 amide bonds. The van der Waals surface area contributed by atoms with E-state index in [1.807, 2.05) is 29.2 Å². The third-order valence-corrected chi connectivity index (χ3v) is 5.57. The molecule has 0 atom stereocenters. The first-order valence-corrected chi connectivity index (χ1v) is 10.9. The average Bonchev–Trinajstić information content (AvgIpc) is 3.15. The number of primary amides is 1. The molecule has 0 spiro atoms. The number of piperazine rings is 1. The number of carbonyl (C=O) groups excluding carboxylic acids is 3. The zero-order valence-electron chi connectivity index (χ0n) is 19.3. The maximum Gasteiger partial charge on any atom is 0.409 e. The number of aryl methyl sites for hydroxylation is 1. The van der Waals surface area contributed by atoms with Crippen molar-refractivity contribution in [1.82, 2.24) is 14.9 Å². The summed E-state index contributed by atoms with van der Waals surface area (Å²) >= 11 is 0. The van der Waals surface area contributed by atoms with E-state index < -0.39 is 5.91 Å². The molecule has 0 radical (unpaired) electrons. The lowest BCUT2D eigenvalue weighted by molar-refractivity contribution is 0.0974. The normalized spacial score (nSPS) is 13.7. The second-order valence-electron chi connectivity index (χ2n) is 7.84. The van der Waals surface area contributed by atoms with Crippen LogP contribution in [-0.4, -0.2) is 65.4 Å². The number of hydrogen-bond donors (Lipinski definition) is 2. The Labute approximate surface area is 195 Å². The van der Waals surface area contributed by atoms with E-state index in [1.165, 1.54) is 6.92 Å². The summed E-state index contributed by atoms with van der Waals surface area (Å²) in [7, 11) is 0. The summed E-state index contributed by atoms with van der Waals surface area (Å²) in [6, 6.07) is 7.38. The van der Waals surface area contributed by atoms with Gasteiger partial charge in [0.1, 0.15) is 11.3 Å². The molecule has 0 unspecified atom stereocenters. The topological polar surface area (TPSA) is 144 Å². The van der Waals surface area contributed by atoms with Gasteiger partial charge in [-0.25, -0.2) is 14.8 Å². The van der Waals surface area contributed by atoms with Crippen LogP contribution in [0.25, 0.3) is 11.0 Å². The number of rotatable bonds is 6. The summed E-state index contributed by atoms with van der Waals surface area (Å²) in [6.07, 6.45) is -0.348. The van der Waals surface area contributed by atoms with Crippen LogP contribution in [0.2, 0.25) is 0 Å². The highest BCUT2D eigenvalue weighted by atomic mass is 16.6. The van der Waals surface area contributed by atoms with Gasteiger partial charge < -0.3 is 30.0 Å². The zero-order chi connectivity index (χ0) is 24.4. The Morgan fingerprint density at radius 1 is 1.09 bits per heavy atom. The number of ketones is 1. The predicted molar refractivity (Wildman–Crippen MR) is 126 cm³/mol. The van der Waals surface area contributed by atoms with E-state index in [2.05, 4.69) is 5.32 Å². The number of para-hydroxylation sites is 2. The Kier molecular flexibility index (Phi) is 6.35. The minimum absolute atomic E-state index is 0.0296. The van der Waals surface area contributed by atoms with Crippen molar-refractivity contribution >= 4 is 46.3 Å². The Bertz CT molecular complexity index is 1260. The van der Waals surface area contributed by atoms with Crippen molar-refractivity contribution in [3.05, 3.63) is 41.2 Å². The quantitative estimate of drug-likeness (QED) is 0.524. The highest BCUT2D eigenvalue weighted by molar-refractivity contribution is 6.10. The molecule has 3 aromatic rings. The molecular weight excluding hydrogens is 440 g/mol. The molecule has 178 valence electrons. The summed E-state index contributed by atoms with van der Waals surface area (Å²) in [5.41, 5.74) is 7.00. The molecular formula is C23H26N6O5. The van der Waals surface area contributed by atoms with E-state index >= 15 is 0 Å². The van der Waals surface area contributed by atoms with Crippen LogP contribution in [0.4, 0.5) is 22.3 Å². The second-order valence-corrected chi connectivity index (χ2v) is 7.84. The number of furan rings is 1. The number of ether oxygens (including phenoxy) is 1. The van der Waals surface area contributed by atoms with Gasteiger partial charge in [-0.15, -0.1) is 0 Å². The lowest BCUT2D eigenvalue weighted by Crippen LogP contribution is -2.49. The standard InChI is InChI=1S/C23H26N6O5/c1-4-33-23(32)29-11-9-28(10-12-29)21-20(25-15-7-5-6-8-16(15)26-21)27-22-18(19(24)31)17(13(2)30)14(3)34-22/h5-8H,4,9-12H2,1-3H3,(H2,24,31)(H,25,27). The highest BCUT2D eigenvalue weighted by Crippen LogP contribution is 2.33. The van der Waals surface area contributed by atoms with Gasteiger partial charge in [-0.1, -0.05) is 12.1 Å². The lowest BCUT2D eigenvalue weighted by atomic mass is 10.1. The third-order valence-electron chi connectivity index (χ3n) is 5.57. The van der Waals surface area contributed by atoms with Gasteiger partial charge in [-0.05, 0) is 32.9 Å². The van der Waals surface area contributed by atoms with Gasteiger partial charge in [0.15, 0.2) is 17.4 Å². The average molecular weight is 466 g/mol.